The molecule has 0 spiro atoms. The van der Waals surface area contributed by atoms with Crippen molar-refractivity contribution < 1.29 is 19.7 Å². The van der Waals surface area contributed by atoms with E-state index in [4.69, 9.17) is 19.4 Å². The maximum Gasteiger partial charge on any atom is 0.106 e. The highest BCUT2D eigenvalue weighted by molar-refractivity contribution is 7.99. The summed E-state index contributed by atoms with van der Waals surface area (Å²) in [7, 11) is 0. The number of aromatic nitrogens is 4. The third-order valence-corrected chi connectivity index (χ3v) is 11.2. The number of rotatable bonds is 9. The third-order valence-electron chi connectivity index (χ3n) is 10.0. The molecule has 0 amide bonds. The molecule has 1 fully saturated rings. The highest BCUT2D eigenvalue weighted by atomic mass is 32.2. The summed E-state index contributed by atoms with van der Waals surface area (Å²) in [5.74, 6) is 1.18. The fourth-order valence-corrected chi connectivity index (χ4v) is 8.32. The van der Waals surface area contributed by atoms with Crippen LogP contribution in [0, 0.1) is 20.8 Å². The van der Waals surface area contributed by atoms with Crippen LogP contribution >= 0.6 is 11.8 Å². The first-order chi connectivity index (χ1) is 22.6. The van der Waals surface area contributed by atoms with Crippen molar-refractivity contribution in [2.24, 2.45) is 0 Å². The van der Waals surface area contributed by atoms with Crippen LogP contribution in [0.15, 0.2) is 24.3 Å². The SMILES string of the molecule is CCC1=C(C)c2cc3[nH]c(cc4nc(c(C)c5cc(C)c(cc1n2)[nH]5)CC4C)c(C)c3C(C)OCCCSC1CC(O)CC(CO)O1. The van der Waals surface area contributed by atoms with Crippen molar-refractivity contribution in [3.05, 3.63) is 69.3 Å². The summed E-state index contributed by atoms with van der Waals surface area (Å²) in [6.07, 6.45) is 2.94. The highest BCUT2D eigenvalue weighted by Gasteiger charge is 2.28. The van der Waals surface area contributed by atoms with Gasteiger partial charge in [0.2, 0.25) is 0 Å². The molecule has 47 heavy (non-hydrogen) atoms. The van der Waals surface area contributed by atoms with E-state index in [-0.39, 0.29) is 24.3 Å². The molecule has 0 aromatic carbocycles. The summed E-state index contributed by atoms with van der Waals surface area (Å²) in [5, 5.41) is 19.6. The van der Waals surface area contributed by atoms with E-state index in [0.29, 0.717) is 25.4 Å². The molecule has 8 bridgehead atoms. The number of aromatic amines is 2. The number of aryl methyl sites for hydroxylation is 3. The normalized spacial score (nSPS) is 22.2. The van der Waals surface area contributed by atoms with Gasteiger partial charge in [0.25, 0.3) is 0 Å². The fraction of sp³-hybridized carbons (Fsp3) is 0.526. The number of aliphatic hydroxyl groups is 2. The lowest BCUT2D eigenvalue weighted by atomic mass is 10.0. The largest absolute Gasteiger partial charge is 0.394 e. The van der Waals surface area contributed by atoms with Gasteiger partial charge in [-0.3, -0.25) is 4.98 Å². The van der Waals surface area contributed by atoms with E-state index >= 15 is 0 Å². The van der Waals surface area contributed by atoms with Crippen LogP contribution in [0.1, 0.15) is 110 Å². The first-order valence-corrected chi connectivity index (χ1v) is 18.2. The predicted molar refractivity (Wildman–Crippen MR) is 193 cm³/mol. The van der Waals surface area contributed by atoms with Crippen LogP contribution in [0.25, 0.3) is 33.2 Å². The van der Waals surface area contributed by atoms with Gasteiger partial charge in [0.05, 0.1) is 36.3 Å². The fourth-order valence-electron chi connectivity index (χ4n) is 7.18. The van der Waals surface area contributed by atoms with Gasteiger partial charge in [-0.25, -0.2) is 4.98 Å². The van der Waals surface area contributed by atoms with Crippen LogP contribution in [0.2, 0.25) is 0 Å². The van der Waals surface area contributed by atoms with Crippen LogP contribution in [0.4, 0.5) is 0 Å². The van der Waals surface area contributed by atoms with Gasteiger partial charge in [0, 0.05) is 64.4 Å². The molecule has 6 rings (SSSR count). The Morgan fingerprint density at radius 2 is 1.72 bits per heavy atom. The molecule has 5 atom stereocenters. The van der Waals surface area contributed by atoms with Crippen LogP contribution in [0.5, 0.6) is 0 Å². The van der Waals surface area contributed by atoms with Crippen molar-refractivity contribution >= 4 is 45.0 Å². The Bertz CT molecular complexity index is 1830. The molecular weight excluding hydrogens is 609 g/mol. The molecule has 5 unspecified atom stereocenters. The number of fused-ring (bicyclic) bond motifs is 8. The van der Waals surface area contributed by atoms with Gasteiger partial charge in [0.1, 0.15) is 5.44 Å². The van der Waals surface area contributed by atoms with Gasteiger partial charge in [-0.15, -0.1) is 11.8 Å². The predicted octanol–water partition coefficient (Wildman–Crippen LogP) is 7.99. The smallest absolute Gasteiger partial charge is 0.106 e. The first kappa shape index (κ1) is 33.9. The second-order valence-electron chi connectivity index (χ2n) is 13.5. The summed E-state index contributed by atoms with van der Waals surface area (Å²) in [6.45, 7) is 15.8. The van der Waals surface area contributed by atoms with Crippen molar-refractivity contribution in [3.63, 3.8) is 0 Å². The maximum atomic E-state index is 10.1. The second-order valence-corrected chi connectivity index (χ2v) is 14.8. The van der Waals surface area contributed by atoms with E-state index in [1.54, 1.807) is 11.8 Å². The quantitative estimate of drug-likeness (QED) is 0.172. The number of hydrogen-bond acceptors (Lipinski definition) is 7. The summed E-state index contributed by atoms with van der Waals surface area (Å²) in [5.41, 5.74) is 15.6. The molecular formula is C38H50N4O4S. The average molecular weight is 659 g/mol. The van der Waals surface area contributed by atoms with Crippen LogP contribution in [0.3, 0.4) is 0 Å². The number of thioether (sulfide) groups is 1. The summed E-state index contributed by atoms with van der Waals surface area (Å²) < 4.78 is 12.4. The number of aliphatic hydroxyl groups excluding tert-OH is 2. The third kappa shape index (κ3) is 7.10. The zero-order chi connectivity index (χ0) is 33.4. The minimum atomic E-state index is -0.419. The molecule has 3 aliphatic heterocycles. The number of H-pyrrole nitrogens is 2. The van der Waals surface area contributed by atoms with E-state index in [9.17, 15) is 10.2 Å². The van der Waals surface area contributed by atoms with Gasteiger partial charge >= 0.3 is 0 Å². The monoisotopic (exact) mass is 658 g/mol. The topological polar surface area (TPSA) is 116 Å². The molecule has 0 radical (unpaired) electrons. The molecule has 4 N–H and O–H groups in total. The van der Waals surface area contributed by atoms with Gasteiger partial charge in [-0.2, -0.15) is 0 Å². The van der Waals surface area contributed by atoms with E-state index < -0.39 is 6.10 Å². The summed E-state index contributed by atoms with van der Waals surface area (Å²) in [4.78, 5) is 17.8. The van der Waals surface area contributed by atoms with Crippen molar-refractivity contribution in [3.8, 4) is 0 Å². The Balaban J connectivity index is 1.37. The van der Waals surface area contributed by atoms with E-state index in [2.05, 4.69) is 82.7 Å². The zero-order valence-corrected chi connectivity index (χ0v) is 29.7. The molecule has 8 nitrogen and oxygen atoms in total. The number of hydrogen-bond donors (Lipinski definition) is 4. The Labute approximate surface area is 282 Å². The van der Waals surface area contributed by atoms with Gasteiger partial charge in [-0.1, -0.05) is 13.8 Å². The van der Waals surface area contributed by atoms with Gasteiger partial charge in [0.15, 0.2) is 0 Å². The second kappa shape index (κ2) is 14.3. The van der Waals surface area contributed by atoms with Crippen molar-refractivity contribution in [2.45, 2.75) is 110 Å². The Morgan fingerprint density at radius 1 is 0.979 bits per heavy atom. The lowest BCUT2D eigenvalue weighted by Crippen LogP contribution is -2.36. The number of allylic oxidation sites excluding steroid dienone is 2. The molecule has 3 aromatic rings. The van der Waals surface area contributed by atoms with Crippen molar-refractivity contribution in [1.29, 1.82) is 0 Å². The lowest BCUT2D eigenvalue weighted by Gasteiger charge is -2.31. The van der Waals surface area contributed by atoms with E-state index in [0.717, 1.165) is 75.4 Å². The lowest BCUT2D eigenvalue weighted by molar-refractivity contribution is -0.0783. The van der Waals surface area contributed by atoms with Crippen LogP contribution in [-0.2, 0) is 15.9 Å². The van der Waals surface area contributed by atoms with Gasteiger partial charge < -0.3 is 29.7 Å². The molecule has 0 saturated carbocycles. The molecule has 252 valence electrons. The van der Waals surface area contributed by atoms with Crippen LogP contribution in [-0.4, -0.2) is 66.8 Å². The minimum Gasteiger partial charge on any atom is -0.394 e. The van der Waals surface area contributed by atoms with Crippen LogP contribution < -0.4 is 0 Å². The first-order valence-electron chi connectivity index (χ1n) is 17.1. The molecule has 3 aliphatic rings. The average Bonchev–Trinajstić information content (AvgIpc) is 3.76. The van der Waals surface area contributed by atoms with E-state index in [1.807, 2.05) is 0 Å². The summed E-state index contributed by atoms with van der Waals surface area (Å²) in [6, 6.07) is 8.85. The highest BCUT2D eigenvalue weighted by Crippen LogP contribution is 2.36. The molecule has 6 heterocycles. The molecule has 9 heteroatoms. The molecule has 0 aliphatic carbocycles. The Morgan fingerprint density at radius 3 is 2.49 bits per heavy atom. The minimum absolute atomic E-state index is 0.0559. The number of ether oxygens (including phenoxy) is 2. The number of nitrogens with zero attached hydrogens (tertiary/aromatic N) is 2. The van der Waals surface area contributed by atoms with Crippen molar-refractivity contribution in [2.75, 3.05) is 19.0 Å². The van der Waals surface area contributed by atoms with Gasteiger partial charge in [-0.05, 0) is 112 Å². The standard InChI is InChI=1S/C38H50N4O4S/c1-8-28-22(4)33-18-36-38(25(7)45-10-9-11-47-37-15-26(44)14-27(19-43)46-37)24(6)34(42-36)16-29-20(2)12-31(39-29)23(5)32-13-21(3)30(40-32)17-35(28)41-33/h13,16-18,20,25-27,37,40,42-44H,8-12,14-15,19H2,1-7H3. The molecule has 3 aromatic heterocycles. The summed E-state index contributed by atoms with van der Waals surface area (Å²) >= 11 is 1.69. The van der Waals surface area contributed by atoms with E-state index in [1.165, 1.54) is 27.8 Å². The van der Waals surface area contributed by atoms with Crippen molar-refractivity contribution in [1.82, 2.24) is 19.9 Å². The number of nitrogens with one attached hydrogen (secondary N) is 2. The Kier molecular flexibility index (Phi) is 10.3. The Hall–Kier alpha value is -2.95. The maximum absolute atomic E-state index is 10.1. The zero-order valence-electron chi connectivity index (χ0n) is 28.9. The molecule has 1 saturated heterocycles.